The van der Waals surface area contributed by atoms with Crippen molar-refractivity contribution >= 4 is 11.5 Å². The molecule has 6 nitrogen and oxygen atoms in total. The molecule has 2 atom stereocenters. The molecule has 0 amide bonds. The third-order valence-electron chi connectivity index (χ3n) is 4.22. The van der Waals surface area contributed by atoms with Crippen molar-refractivity contribution in [3.8, 4) is 0 Å². The van der Waals surface area contributed by atoms with E-state index in [4.69, 9.17) is 0 Å². The van der Waals surface area contributed by atoms with Crippen molar-refractivity contribution in [3.63, 3.8) is 0 Å². The molecule has 0 bridgehead atoms. The number of pyridine rings is 1. The van der Waals surface area contributed by atoms with Gasteiger partial charge < -0.3 is 10.4 Å². The Morgan fingerprint density at radius 2 is 2.24 bits per heavy atom. The van der Waals surface area contributed by atoms with Crippen molar-refractivity contribution in [1.29, 1.82) is 0 Å². The largest absolute Gasteiger partial charge is 0.393 e. The number of nitrogens with zero attached hydrogens (tertiary/aromatic N) is 2. The Morgan fingerprint density at radius 3 is 2.95 bits per heavy atom. The van der Waals surface area contributed by atoms with E-state index in [-0.39, 0.29) is 11.8 Å². The Bertz CT molecular complexity index is 493. The topological polar surface area (TPSA) is 88.3 Å². The zero-order chi connectivity index (χ0) is 15.2. The number of hydrogen-bond acceptors (Lipinski definition) is 5. The lowest BCUT2D eigenvalue weighted by Gasteiger charge is -2.27. The van der Waals surface area contributed by atoms with Crippen molar-refractivity contribution in [3.05, 3.63) is 27.9 Å². The van der Waals surface area contributed by atoms with Gasteiger partial charge in [0.2, 0.25) is 5.82 Å². The van der Waals surface area contributed by atoms with Crippen molar-refractivity contribution < 1.29 is 10.0 Å². The summed E-state index contributed by atoms with van der Waals surface area (Å²) in [6.07, 6.45) is 7.55. The summed E-state index contributed by atoms with van der Waals surface area (Å²) >= 11 is 0. The molecule has 2 N–H and O–H groups in total. The second kappa shape index (κ2) is 7.36. The Kier molecular flexibility index (Phi) is 5.50. The summed E-state index contributed by atoms with van der Waals surface area (Å²) in [5, 5.41) is 24.0. The number of aliphatic hydroxyl groups is 1. The van der Waals surface area contributed by atoms with Gasteiger partial charge in [0.1, 0.15) is 0 Å². The average Bonchev–Trinajstić information content (AvgIpc) is 2.45. The Labute approximate surface area is 124 Å². The molecule has 1 aliphatic rings. The van der Waals surface area contributed by atoms with Crippen LogP contribution in [0.3, 0.4) is 0 Å². The zero-order valence-corrected chi connectivity index (χ0v) is 12.4. The average molecular weight is 293 g/mol. The summed E-state index contributed by atoms with van der Waals surface area (Å²) < 4.78 is 0. The highest BCUT2D eigenvalue weighted by Gasteiger charge is 2.22. The quantitative estimate of drug-likeness (QED) is 0.478. The van der Waals surface area contributed by atoms with E-state index in [1.165, 1.54) is 6.42 Å². The number of anilines is 1. The molecule has 0 spiro atoms. The van der Waals surface area contributed by atoms with Gasteiger partial charge in [0.15, 0.2) is 0 Å². The Balaban J connectivity index is 1.84. The van der Waals surface area contributed by atoms with Crippen LogP contribution >= 0.6 is 0 Å². The van der Waals surface area contributed by atoms with Gasteiger partial charge in [-0.15, -0.1) is 0 Å². The SMILES string of the molecule is Cc1ccnc(NCCCC2CCCCC2O)c1[N+](=O)[O-]. The van der Waals surface area contributed by atoms with Crippen LogP contribution in [0.25, 0.3) is 0 Å². The first-order chi connectivity index (χ1) is 10.1. The smallest absolute Gasteiger partial charge is 0.314 e. The molecular weight excluding hydrogens is 270 g/mol. The summed E-state index contributed by atoms with van der Waals surface area (Å²) in [4.78, 5) is 14.7. The first-order valence-electron chi connectivity index (χ1n) is 7.61. The van der Waals surface area contributed by atoms with Gasteiger partial charge in [-0.05, 0) is 44.6 Å². The summed E-state index contributed by atoms with van der Waals surface area (Å²) in [7, 11) is 0. The van der Waals surface area contributed by atoms with Crippen LogP contribution in [0.15, 0.2) is 12.3 Å². The second-order valence-electron chi connectivity index (χ2n) is 5.76. The highest BCUT2D eigenvalue weighted by molar-refractivity contribution is 5.59. The maximum Gasteiger partial charge on any atom is 0.314 e. The van der Waals surface area contributed by atoms with E-state index in [1.54, 1.807) is 19.2 Å². The fraction of sp³-hybridized carbons (Fsp3) is 0.667. The first-order valence-corrected chi connectivity index (χ1v) is 7.61. The van der Waals surface area contributed by atoms with Gasteiger partial charge in [-0.3, -0.25) is 10.1 Å². The monoisotopic (exact) mass is 293 g/mol. The van der Waals surface area contributed by atoms with E-state index in [2.05, 4.69) is 10.3 Å². The van der Waals surface area contributed by atoms with E-state index in [1.807, 2.05) is 0 Å². The molecule has 2 rings (SSSR count). The summed E-state index contributed by atoms with van der Waals surface area (Å²) in [5.41, 5.74) is 0.662. The molecule has 0 saturated heterocycles. The molecule has 116 valence electrons. The van der Waals surface area contributed by atoms with E-state index in [0.29, 0.717) is 23.8 Å². The lowest BCUT2D eigenvalue weighted by Crippen LogP contribution is -2.24. The fourth-order valence-electron chi connectivity index (χ4n) is 3.01. The van der Waals surface area contributed by atoms with Crippen LogP contribution in [-0.4, -0.2) is 27.7 Å². The molecule has 1 aromatic rings. The highest BCUT2D eigenvalue weighted by atomic mass is 16.6. The van der Waals surface area contributed by atoms with Gasteiger partial charge >= 0.3 is 5.69 Å². The molecule has 0 aromatic carbocycles. The third-order valence-corrected chi connectivity index (χ3v) is 4.22. The van der Waals surface area contributed by atoms with Gasteiger partial charge in [-0.1, -0.05) is 12.8 Å². The molecule has 2 unspecified atom stereocenters. The van der Waals surface area contributed by atoms with Gasteiger partial charge in [-0.2, -0.15) is 0 Å². The van der Waals surface area contributed by atoms with Crippen LogP contribution in [0.4, 0.5) is 11.5 Å². The van der Waals surface area contributed by atoms with Gasteiger partial charge in [-0.25, -0.2) is 4.98 Å². The minimum atomic E-state index is -0.393. The molecule has 6 heteroatoms. The fourth-order valence-corrected chi connectivity index (χ4v) is 3.01. The first kappa shape index (κ1) is 15.7. The molecule has 1 aromatic heterocycles. The minimum absolute atomic E-state index is 0.0511. The maximum absolute atomic E-state index is 11.1. The van der Waals surface area contributed by atoms with E-state index in [0.717, 1.165) is 32.1 Å². The molecular formula is C15H23N3O3. The van der Waals surface area contributed by atoms with Gasteiger partial charge in [0.25, 0.3) is 0 Å². The summed E-state index contributed by atoms with van der Waals surface area (Å²) in [6.45, 7) is 2.35. The van der Waals surface area contributed by atoms with Crippen LogP contribution in [0, 0.1) is 23.0 Å². The highest BCUT2D eigenvalue weighted by Crippen LogP contribution is 2.28. The number of aliphatic hydroxyl groups excluding tert-OH is 1. The molecule has 1 saturated carbocycles. The second-order valence-corrected chi connectivity index (χ2v) is 5.76. The Morgan fingerprint density at radius 1 is 1.48 bits per heavy atom. The van der Waals surface area contributed by atoms with E-state index in [9.17, 15) is 15.2 Å². The lowest BCUT2D eigenvalue weighted by atomic mass is 9.83. The van der Waals surface area contributed by atoms with Crippen LogP contribution in [0.5, 0.6) is 0 Å². The number of rotatable bonds is 6. The van der Waals surface area contributed by atoms with Crippen LogP contribution < -0.4 is 5.32 Å². The predicted octanol–water partition coefficient (Wildman–Crippen LogP) is 3.04. The molecule has 21 heavy (non-hydrogen) atoms. The maximum atomic E-state index is 11.1. The number of aromatic nitrogens is 1. The van der Waals surface area contributed by atoms with Crippen LogP contribution in [-0.2, 0) is 0 Å². The summed E-state index contributed by atoms with van der Waals surface area (Å²) in [6, 6.07) is 1.64. The van der Waals surface area contributed by atoms with Crippen molar-refractivity contribution in [1.82, 2.24) is 4.98 Å². The predicted molar refractivity (Wildman–Crippen MR) is 81.3 cm³/mol. The zero-order valence-electron chi connectivity index (χ0n) is 12.4. The van der Waals surface area contributed by atoms with Crippen molar-refractivity contribution in [2.45, 2.75) is 51.6 Å². The minimum Gasteiger partial charge on any atom is -0.393 e. The molecule has 1 aliphatic carbocycles. The summed E-state index contributed by atoms with van der Waals surface area (Å²) in [5.74, 6) is 0.713. The van der Waals surface area contributed by atoms with Gasteiger partial charge in [0.05, 0.1) is 11.0 Å². The van der Waals surface area contributed by atoms with Crippen molar-refractivity contribution in [2.24, 2.45) is 5.92 Å². The van der Waals surface area contributed by atoms with E-state index >= 15 is 0 Å². The van der Waals surface area contributed by atoms with Crippen molar-refractivity contribution in [2.75, 3.05) is 11.9 Å². The molecule has 1 fully saturated rings. The third kappa shape index (κ3) is 4.14. The molecule has 1 heterocycles. The Hall–Kier alpha value is -1.69. The van der Waals surface area contributed by atoms with Crippen LogP contribution in [0.1, 0.15) is 44.1 Å². The molecule has 0 radical (unpaired) electrons. The molecule has 0 aliphatic heterocycles. The van der Waals surface area contributed by atoms with Crippen LogP contribution in [0.2, 0.25) is 0 Å². The van der Waals surface area contributed by atoms with Gasteiger partial charge in [0, 0.05) is 18.3 Å². The number of hydrogen-bond donors (Lipinski definition) is 2. The lowest BCUT2D eigenvalue weighted by molar-refractivity contribution is -0.384. The number of nitrogens with one attached hydrogen (secondary N) is 1. The standard InChI is InChI=1S/C15H23N3O3/c1-11-8-10-17-15(14(11)18(20)21)16-9-4-6-12-5-2-3-7-13(12)19/h8,10,12-13,19H,2-7,9H2,1H3,(H,16,17). The van der Waals surface area contributed by atoms with E-state index < -0.39 is 4.92 Å². The number of aryl methyl sites for hydroxylation is 1. The number of nitro groups is 1. The normalized spacial score (nSPS) is 22.0.